The summed E-state index contributed by atoms with van der Waals surface area (Å²) in [4.78, 5) is 35.1. The van der Waals surface area contributed by atoms with Crippen molar-refractivity contribution in [2.75, 3.05) is 7.11 Å². The number of benzene rings is 3. The average Bonchev–Trinajstić information content (AvgIpc) is 2.80. The Morgan fingerprint density at radius 1 is 1.03 bits per heavy atom. The maximum absolute atomic E-state index is 12.4. The first-order valence-electron chi connectivity index (χ1n) is 9.11. The fourth-order valence-electron chi connectivity index (χ4n) is 2.56. The highest BCUT2D eigenvalue weighted by molar-refractivity contribution is 6.30. The lowest BCUT2D eigenvalue weighted by Gasteiger charge is -2.08. The van der Waals surface area contributed by atoms with Gasteiger partial charge in [0.05, 0.1) is 23.8 Å². The second-order valence-electron chi connectivity index (χ2n) is 6.30. The lowest BCUT2D eigenvalue weighted by atomic mass is 10.2. The first kappa shape index (κ1) is 22.4. The molecule has 0 aromatic heterocycles. The molecular formula is C22H16ClN3O6. The molecule has 0 aliphatic rings. The van der Waals surface area contributed by atoms with Gasteiger partial charge in [-0.2, -0.15) is 5.10 Å². The number of nitro groups is 1. The van der Waals surface area contributed by atoms with E-state index in [0.717, 1.165) is 6.21 Å². The third-order valence-corrected chi connectivity index (χ3v) is 4.46. The van der Waals surface area contributed by atoms with Gasteiger partial charge in [-0.25, -0.2) is 10.2 Å². The van der Waals surface area contributed by atoms with Crippen LogP contribution in [0.1, 0.15) is 26.3 Å². The maximum atomic E-state index is 12.4. The SMILES string of the molecule is COc1ccc(C(=O)N/N=C/c2cc([N+](=O)[O-])ccc2OC(=O)c2ccc(Cl)cc2)cc1. The third kappa shape index (κ3) is 5.67. The summed E-state index contributed by atoms with van der Waals surface area (Å²) in [5, 5.41) is 15.4. The number of carbonyl (C=O) groups is 2. The number of non-ortho nitro benzene ring substituents is 1. The Balaban J connectivity index is 1.79. The van der Waals surface area contributed by atoms with E-state index < -0.39 is 16.8 Å². The molecule has 0 bridgehead atoms. The van der Waals surface area contributed by atoms with Crippen LogP contribution in [0, 0.1) is 10.1 Å². The van der Waals surface area contributed by atoms with Gasteiger partial charge in [0, 0.05) is 28.3 Å². The van der Waals surface area contributed by atoms with Crippen molar-refractivity contribution in [3.63, 3.8) is 0 Å². The van der Waals surface area contributed by atoms with Crippen molar-refractivity contribution in [1.29, 1.82) is 0 Å². The quantitative estimate of drug-likeness (QED) is 0.188. The van der Waals surface area contributed by atoms with Crippen molar-refractivity contribution in [2.45, 2.75) is 0 Å². The Hall–Kier alpha value is -4.24. The largest absolute Gasteiger partial charge is 0.497 e. The molecule has 162 valence electrons. The van der Waals surface area contributed by atoms with Gasteiger partial charge in [0.15, 0.2) is 0 Å². The fourth-order valence-corrected chi connectivity index (χ4v) is 2.68. The zero-order valence-electron chi connectivity index (χ0n) is 16.7. The molecular weight excluding hydrogens is 438 g/mol. The molecule has 0 aliphatic heterocycles. The average molecular weight is 454 g/mol. The van der Waals surface area contributed by atoms with Crippen LogP contribution in [0.5, 0.6) is 11.5 Å². The third-order valence-electron chi connectivity index (χ3n) is 4.21. The van der Waals surface area contributed by atoms with Gasteiger partial charge >= 0.3 is 5.97 Å². The van der Waals surface area contributed by atoms with E-state index in [1.807, 2.05) is 0 Å². The van der Waals surface area contributed by atoms with E-state index in [9.17, 15) is 19.7 Å². The summed E-state index contributed by atoms with van der Waals surface area (Å²) in [6.07, 6.45) is 1.15. The molecule has 32 heavy (non-hydrogen) atoms. The predicted molar refractivity (Wildman–Crippen MR) is 118 cm³/mol. The molecule has 0 saturated heterocycles. The van der Waals surface area contributed by atoms with Crippen molar-refractivity contribution in [2.24, 2.45) is 5.10 Å². The van der Waals surface area contributed by atoms with Gasteiger partial charge in [0.1, 0.15) is 11.5 Å². The van der Waals surface area contributed by atoms with Crippen molar-refractivity contribution in [1.82, 2.24) is 5.43 Å². The molecule has 0 saturated carbocycles. The summed E-state index contributed by atoms with van der Waals surface area (Å²) in [6.45, 7) is 0. The van der Waals surface area contributed by atoms with Gasteiger partial charge in [0.25, 0.3) is 11.6 Å². The van der Waals surface area contributed by atoms with Crippen molar-refractivity contribution in [3.8, 4) is 11.5 Å². The van der Waals surface area contributed by atoms with Crippen LogP contribution in [0.3, 0.4) is 0 Å². The number of amides is 1. The van der Waals surface area contributed by atoms with Gasteiger partial charge in [-0.15, -0.1) is 0 Å². The predicted octanol–water partition coefficient (Wildman–Crippen LogP) is 4.24. The number of hydrogen-bond donors (Lipinski definition) is 1. The highest BCUT2D eigenvalue weighted by Gasteiger charge is 2.15. The zero-order valence-corrected chi connectivity index (χ0v) is 17.4. The number of nitro benzene ring substituents is 1. The summed E-state index contributed by atoms with van der Waals surface area (Å²) < 4.78 is 10.4. The number of carbonyl (C=O) groups excluding carboxylic acids is 2. The van der Waals surface area contributed by atoms with Gasteiger partial charge in [0.2, 0.25) is 0 Å². The minimum atomic E-state index is -0.688. The lowest BCUT2D eigenvalue weighted by molar-refractivity contribution is -0.384. The molecule has 3 aromatic carbocycles. The summed E-state index contributed by atoms with van der Waals surface area (Å²) >= 11 is 5.82. The highest BCUT2D eigenvalue weighted by Crippen LogP contribution is 2.24. The van der Waals surface area contributed by atoms with Crippen LogP contribution in [0.25, 0.3) is 0 Å². The van der Waals surface area contributed by atoms with E-state index in [-0.39, 0.29) is 22.6 Å². The second kappa shape index (κ2) is 10.2. The smallest absolute Gasteiger partial charge is 0.343 e. The number of methoxy groups -OCH3 is 1. The van der Waals surface area contributed by atoms with Crippen LogP contribution < -0.4 is 14.9 Å². The van der Waals surface area contributed by atoms with E-state index in [1.165, 1.54) is 49.6 Å². The lowest BCUT2D eigenvalue weighted by Crippen LogP contribution is -2.17. The molecule has 10 heteroatoms. The molecule has 1 N–H and O–H groups in total. The molecule has 0 aliphatic carbocycles. The number of ether oxygens (including phenoxy) is 2. The Morgan fingerprint density at radius 2 is 1.69 bits per heavy atom. The first-order chi connectivity index (χ1) is 15.4. The van der Waals surface area contributed by atoms with Crippen LogP contribution in [0.2, 0.25) is 5.02 Å². The number of hydrazone groups is 1. The van der Waals surface area contributed by atoms with E-state index in [0.29, 0.717) is 16.3 Å². The van der Waals surface area contributed by atoms with E-state index in [1.54, 1.807) is 24.3 Å². The molecule has 0 spiro atoms. The molecule has 0 radical (unpaired) electrons. The summed E-state index contributed by atoms with van der Waals surface area (Å²) in [6, 6.07) is 16.0. The molecule has 1 amide bonds. The Morgan fingerprint density at radius 3 is 2.31 bits per heavy atom. The monoisotopic (exact) mass is 453 g/mol. The topological polar surface area (TPSA) is 120 Å². The van der Waals surface area contributed by atoms with Crippen molar-refractivity contribution in [3.05, 3.63) is 98.6 Å². The van der Waals surface area contributed by atoms with Gasteiger partial charge in [-0.05, 0) is 54.6 Å². The number of halogens is 1. The number of hydrogen-bond acceptors (Lipinski definition) is 7. The van der Waals surface area contributed by atoms with Crippen LogP contribution in [0.15, 0.2) is 71.8 Å². The molecule has 0 unspecified atom stereocenters. The van der Waals surface area contributed by atoms with E-state index in [2.05, 4.69) is 10.5 Å². The van der Waals surface area contributed by atoms with Gasteiger partial charge in [-0.1, -0.05) is 11.6 Å². The highest BCUT2D eigenvalue weighted by atomic mass is 35.5. The van der Waals surface area contributed by atoms with Crippen molar-refractivity contribution >= 4 is 35.4 Å². The van der Waals surface area contributed by atoms with E-state index in [4.69, 9.17) is 21.1 Å². The normalized spacial score (nSPS) is 10.6. The Kier molecular flexibility index (Phi) is 7.14. The minimum absolute atomic E-state index is 0.0259. The standard InChI is InChI=1S/C22H16ClN3O6/c1-31-19-9-4-14(5-10-19)21(27)25-24-13-16-12-18(26(29)30)8-11-20(16)32-22(28)15-2-6-17(23)7-3-15/h2-13H,1H3,(H,25,27)/b24-13+. The maximum Gasteiger partial charge on any atom is 0.343 e. The van der Waals surface area contributed by atoms with Crippen LogP contribution >= 0.6 is 11.6 Å². The Labute approximate surface area is 187 Å². The molecule has 3 aromatic rings. The number of rotatable bonds is 7. The summed E-state index contributed by atoms with van der Waals surface area (Å²) in [7, 11) is 1.51. The van der Waals surface area contributed by atoms with Crippen LogP contribution in [-0.4, -0.2) is 30.1 Å². The molecule has 0 heterocycles. The molecule has 0 fully saturated rings. The van der Waals surface area contributed by atoms with Gasteiger partial charge in [-0.3, -0.25) is 14.9 Å². The number of esters is 1. The van der Waals surface area contributed by atoms with Crippen LogP contribution in [-0.2, 0) is 0 Å². The summed E-state index contributed by atoms with van der Waals surface area (Å²) in [5.41, 5.74) is 2.77. The minimum Gasteiger partial charge on any atom is -0.497 e. The number of nitrogens with zero attached hydrogens (tertiary/aromatic N) is 2. The molecule has 9 nitrogen and oxygen atoms in total. The first-order valence-corrected chi connectivity index (χ1v) is 9.49. The molecule has 0 atom stereocenters. The van der Waals surface area contributed by atoms with Crippen LogP contribution in [0.4, 0.5) is 5.69 Å². The summed E-state index contributed by atoms with van der Waals surface area (Å²) in [5.74, 6) is -0.576. The van der Waals surface area contributed by atoms with E-state index >= 15 is 0 Å². The molecule has 3 rings (SSSR count). The van der Waals surface area contributed by atoms with Crippen molar-refractivity contribution < 1.29 is 24.0 Å². The zero-order chi connectivity index (χ0) is 23.1. The van der Waals surface area contributed by atoms with Gasteiger partial charge < -0.3 is 9.47 Å². The number of nitrogens with one attached hydrogen (secondary N) is 1. The Bertz CT molecular complexity index is 1180. The fraction of sp³-hybridized carbons (Fsp3) is 0.0455. The second-order valence-corrected chi connectivity index (χ2v) is 6.74.